The Morgan fingerprint density at radius 2 is 1.77 bits per heavy atom. The molecule has 3 nitrogen and oxygen atoms in total. The van der Waals surface area contributed by atoms with Crippen LogP contribution in [-0.4, -0.2) is 19.9 Å². The van der Waals surface area contributed by atoms with Gasteiger partial charge in [0.15, 0.2) is 5.78 Å². The first kappa shape index (κ1) is 14.6. The summed E-state index contributed by atoms with van der Waals surface area (Å²) in [4.78, 5) is 14.5. The molecule has 0 aromatic heterocycles. The number of carbonyl (C=O) groups is 1. The Hall–Kier alpha value is -2.29. The van der Waals surface area contributed by atoms with Crippen LogP contribution in [0.3, 0.4) is 0 Å². The van der Waals surface area contributed by atoms with E-state index in [0.29, 0.717) is 6.42 Å². The van der Waals surface area contributed by atoms with Crippen molar-refractivity contribution in [3.8, 4) is 5.75 Å². The van der Waals surface area contributed by atoms with Crippen molar-refractivity contribution in [1.82, 2.24) is 0 Å². The molecule has 0 fully saturated rings. The van der Waals surface area contributed by atoms with Gasteiger partial charge in [0.05, 0.1) is 12.0 Å². The van der Waals surface area contributed by atoms with Crippen molar-refractivity contribution in [2.75, 3.05) is 19.0 Å². The van der Waals surface area contributed by atoms with E-state index in [1.807, 2.05) is 52.2 Å². The van der Waals surface area contributed by atoms with Crippen molar-refractivity contribution in [1.29, 1.82) is 0 Å². The molecule has 1 aliphatic heterocycles. The Kier molecular flexibility index (Phi) is 3.65. The van der Waals surface area contributed by atoms with Gasteiger partial charge in [-0.25, -0.2) is 0 Å². The third-order valence-corrected chi connectivity index (χ3v) is 4.14. The minimum Gasteiger partial charge on any atom is -0.484 e. The highest BCUT2D eigenvalue weighted by Gasteiger charge is 2.29. The van der Waals surface area contributed by atoms with Gasteiger partial charge in [-0.1, -0.05) is 18.2 Å². The van der Waals surface area contributed by atoms with E-state index < -0.39 is 0 Å². The molecule has 0 saturated heterocycles. The smallest absolute Gasteiger partial charge is 0.170 e. The molecule has 1 aliphatic rings. The fourth-order valence-corrected chi connectivity index (χ4v) is 3.02. The fourth-order valence-electron chi connectivity index (χ4n) is 3.02. The van der Waals surface area contributed by atoms with Gasteiger partial charge < -0.3 is 9.64 Å². The highest BCUT2D eigenvalue weighted by Crippen LogP contribution is 2.37. The van der Waals surface area contributed by atoms with Crippen molar-refractivity contribution >= 4 is 11.5 Å². The molecule has 0 saturated carbocycles. The standard InChI is InChI=1S/C19H21NO2/c1-12-9-13(2)19-16(21)11-17(22-18(19)10-12)14-5-7-15(8-6-14)20(3)4/h5-10,17H,11H2,1-4H3/t17-/m0/s1. The summed E-state index contributed by atoms with van der Waals surface area (Å²) in [7, 11) is 4.02. The van der Waals surface area contributed by atoms with Gasteiger partial charge in [-0.2, -0.15) is 0 Å². The summed E-state index contributed by atoms with van der Waals surface area (Å²) in [6.07, 6.45) is 0.204. The topological polar surface area (TPSA) is 29.5 Å². The number of anilines is 1. The van der Waals surface area contributed by atoms with Gasteiger partial charge in [-0.05, 0) is 48.7 Å². The number of hydrogen-bond acceptors (Lipinski definition) is 3. The zero-order valence-electron chi connectivity index (χ0n) is 13.5. The average molecular weight is 295 g/mol. The summed E-state index contributed by atoms with van der Waals surface area (Å²) < 4.78 is 6.12. The van der Waals surface area contributed by atoms with E-state index in [0.717, 1.165) is 33.7 Å². The van der Waals surface area contributed by atoms with E-state index in [1.54, 1.807) is 0 Å². The number of hydrogen-bond donors (Lipinski definition) is 0. The van der Waals surface area contributed by atoms with E-state index in [1.165, 1.54) is 0 Å². The van der Waals surface area contributed by atoms with Crippen LogP contribution in [-0.2, 0) is 0 Å². The Labute approximate surface area is 131 Å². The first-order valence-corrected chi connectivity index (χ1v) is 7.54. The lowest BCUT2D eigenvalue weighted by Crippen LogP contribution is -2.21. The van der Waals surface area contributed by atoms with Crippen LogP contribution in [0.25, 0.3) is 0 Å². The molecule has 0 bridgehead atoms. The second-order valence-corrected chi connectivity index (χ2v) is 6.17. The van der Waals surface area contributed by atoms with E-state index >= 15 is 0 Å². The molecule has 0 amide bonds. The van der Waals surface area contributed by atoms with Gasteiger partial charge in [-0.3, -0.25) is 4.79 Å². The largest absolute Gasteiger partial charge is 0.484 e. The maximum Gasteiger partial charge on any atom is 0.170 e. The number of fused-ring (bicyclic) bond motifs is 1. The SMILES string of the molecule is Cc1cc(C)c2c(c1)O[C@H](c1ccc(N(C)C)cc1)CC2=O. The first-order chi connectivity index (χ1) is 10.5. The second kappa shape index (κ2) is 5.48. The molecule has 0 N–H and O–H groups in total. The highest BCUT2D eigenvalue weighted by molar-refractivity contribution is 6.01. The number of carbonyl (C=O) groups excluding carboxylic acids is 1. The highest BCUT2D eigenvalue weighted by atomic mass is 16.5. The third kappa shape index (κ3) is 2.59. The predicted molar refractivity (Wildman–Crippen MR) is 89.0 cm³/mol. The van der Waals surface area contributed by atoms with Crippen molar-refractivity contribution < 1.29 is 9.53 Å². The molecule has 22 heavy (non-hydrogen) atoms. The molecular formula is C19H21NO2. The van der Waals surface area contributed by atoms with Gasteiger partial charge in [0.1, 0.15) is 11.9 Å². The van der Waals surface area contributed by atoms with E-state index in [-0.39, 0.29) is 11.9 Å². The predicted octanol–water partition coefficient (Wildman–Crippen LogP) is 4.08. The molecule has 1 atom stereocenters. The van der Waals surface area contributed by atoms with Gasteiger partial charge in [-0.15, -0.1) is 0 Å². The van der Waals surface area contributed by atoms with Crippen molar-refractivity contribution in [2.45, 2.75) is 26.4 Å². The summed E-state index contributed by atoms with van der Waals surface area (Å²) in [5.41, 5.74) is 5.04. The van der Waals surface area contributed by atoms with Crippen LogP contribution in [0.2, 0.25) is 0 Å². The lowest BCUT2D eigenvalue weighted by Gasteiger charge is -2.27. The Morgan fingerprint density at radius 1 is 1.09 bits per heavy atom. The Bertz CT molecular complexity index is 717. The molecular weight excluding hydrogens is 274 g/mol. The maximum absolute atomic E-state index is 12.5. The number of benzene rings is 2. The summed E-state index contributed by atoms with van der Waals surface area (Å²) in [6.45, 7) is 4.00. The summed E-state index contributed by atoms with van der Waals surface area (Å²) in [5, 5.41) is 0. The Morgan fingerprint density at radius 3 is 2.41 bits per heavy atom. The van der Waals surface area contributed by atoms with Crippen LogP contribution in [0.5, 0.6) is 5.75 Å². The van der Waals surface area contributed by atoms with Gasteiger partial charge in [0.2, 0.25) is 0 Å². The van der Waals surface area contributed by atoms with E-state index in [4.69, 9.17) is 4.74 Å². The second-order valence-electron chi connectivity index (χ2n) is 6.17. The van der Waals surface area contributed by atoms with Crippen LogP contribution in [0.1, 0.15) is 39.6 Å². The van der Waals surface area contributed by atoms with Gasteiger partial charge in [0.25, 0.3) is 0 Å². The summed E-state index contributed by atoms with van der Waals surface area (Å²) in [6, 6.07) is 12.2. The quantitative estimate of drug-likeness (QED) is 0.836. The van der Waals surface area contributed by atoms with E-state index in [2.05, 4.69) is 17.0 Å². The van der Waals surface area contributed by atoms with Crippen LogP contribution in [0.15, 0.2) is 36.4 Å². The summed E-state index contributed by atoms with van der Waals surface area (Å²) >= 11 is 0. The minimum atomic E-state index is -0.197. The molecule has 1 heterocycles. The number of Topliss-reactive ketones (excluding diaryl/α,β-unsaturated/α-hetero) is 1. The molecule has 2 aromatic carbocycles. The van der Waals surface area contributed by atoms with Crippen molar-refractivity contribution in [2.24, 2.45) is 0 Å². The number of ether oxygens (including phenoxy) is 1. The van der Waals surface area contributed by atoms with E-state index in [9.17, 15) is 4.79 Å². The zero-order chi connectivity index (χ0) is 15.9. The normalized spacial score (nSPS) is 16.9. The number of aryl methyl sites for hydroxylation is 2. The van der Waals surface area contributed by atoms with Crippen LogP contribution in [0, 0.1) is 13.8 Å². The fraction of sp³-hybridized carbons (Fsp3) is 0.316. The molecule has 114 valence electrons. The molecule has 0 aliphatic carbocycles. The molecule has 0 unspecified atom stereocenters. The molecule has 0 spiro atoms. The first-order valence-electron chi connectivity index (χ1n) is 7.54. The molecule has 0 radical (unpaired) electrons. The van der Waals surface area contributed by atoms with Crippen LogP contribution in [0.4, 0.5) is 5.69 Å². The van der Waals surface area contributed by atoms with Gasteiger partial charge >= 0.3 is 0 Å². The number of ketones is 1. The minimum absolute atomic E-state index is 0.167. The monoisotopic (exact) mass is 295 g/mol. The maximum atomic E-state index is 12.5. The van der Waals surface area contributed by atoms with Crippen LogP contribution >= 0.6 is 0 Å². The number of nitrogens with zero attached hydrogens (tertiary/aromatic N) is 1. The average Bonchev–Trinajstić information content (AvgIpc) is 2.46. The lowest BCUT2D eigenvalue weighted by atomic mass is 9.92. The van der Waals surface area contributed by atoms with Crippen molar-refractivity contribution in [3.05, 3.63) is 58.7 Å². The van der Waals surface area contributed by atoms with Crippen LogP contribution < -0.4 is 9.64 Å². The Balaban J connectivity index is 1.93. The summed E-state index contributed by atoms with van der Waals surface area (Å²) in [5.74, 6) is 0.885. The molecule has 3 heteroatoms. The third-order valence-electron chi connectivity index (χ3n) is 4.14. The molecule has 3 rings (SSSR count). The van der Waals surface area contributed by atoms with Crippen molar-refractivity contribution in [3.63, 3.8) is 0 Å². The van der Waals surface area contributed by atoms with Gasteiger partial charge in [0, 0.05) is 19.8 Å². The number of rotatable bonds is 2. The molecule has 2 aromatic rings. The lowest BCUT2D eigenvalue weighted by molar-refractivity contribution is 0.0849. The zero-order valence-corrected chi connectivity index (χ0v) is 13.5.